The predicted octanol–water partition coefficient (Wildman–Crippen LogP) is 1.00. The van der Waals surface area contributed by atoms with Crippen LogP contribution in [-0.2, 0) is 28.5 Å². The number of aromatic hydroxyl groups is 1. The summed E-state index contributed by atoms with van der Waals surface area (Å²) in [6.07, 6.45) is -6.65. The van der Waals surface area contributed by atoms with Gasteiger partial charge in [-0.2, -0.15) is 0 Å². The first-order chi connectivity index (χ1) is 25.4. The smallest absolute Gasteiger partial charge is 0.198 e. The first-order valence-corrected chi connectivity index (χ1v) is 18.7. The average Bonchev–Trinajstić information content (AvgIpc) is 3.09. The molecule has 15 heteroatoms. The van der Waals surface area contributed by atoms with Gasteiger partial charge in [0.15, 0.2) is 35.5 Å². The number of phenols is 1. The van der Waals surface area contributed by atoms with Crippen LogP contribution in [0.4, 0.5) is 0 Å². The SMILES string of the molecule is C[C@@H]1CC(=O)[C@@]2(O)C3=C(C=C[C@]2(O[C@@H]2C[C@@H](N(C)C)[C@@H](O[C@@H]4C[C@@H](O)[C@@H](O)[C@@H](C)O4)[C@@H](C)O2)C1)C(=O)c1c(ccc([C@H]2C[C@@H](O)[C@H](O)[C@@H](C)O2)c1O)C3=O. The topological polar surface area (TPSA) is 222 Å². The van der Waals surface area contributed by atoms with Crippen molar-refractivity contribution in [1.82, 2.24) is 4.90 Å². The van der Waals surface area contributed by atoms with Gasteiger partial charge in [0.2, 0.25) is 0 Å². The lowest BCUT2D eigenvalue weighted by molar-refractivity contribution is -0.322. The lowest BCUT2D eigenvalue weighted by atomic mass is 9.58. The molecular formula is C39H51NO14. The van der Waals surface area contributed by atoms with Crippen molar-refractivity contribution in [3.63, 3.8) is 0 Å². The zero-order chi connectivity index (χ0) is 39.2. The molecule has 0 radical (unpaired) electrons. The molecule has 0 spiro atoms. The number of rotatable bonds is 6. The molecule has 1 aromatic carbocycles. The van der Waals surface area contributed by atoms with Crippen LogP contribution in [0.1, 0.15) is 92.2 Å². The summed E-state index contributed by atoms with van der Waals surface area (Å²) < 4.78 is 31.1. The number of allylic oxidation sites excluding steroid dienone is 2. The Bertz CT molecular complexity index is 1740. The van der Waals surface area contributed by atoms with Crippen molar-refractivity contribution in [2.75, 3.05) is 14.1 Å². The molecule has 3 aliphatic carbocycles. The van der Waals surface area contributed by atoms with Gasteiger partial charge < -0.3 is 59.2 Å². The number of hydrogen-bond acceptors (Lipinski definition) is 15. The van der Waals surface area contributed by atoms with Gasteiger partial charge >= 0.3 is 0 Å². The van der Waals surface area contributed by atoms with Gasteiger partial charge in [0.1, 0.15) is 29.7 Å². The molecule has 296 valence electrons. The number of phenolic OH excluding ortho intramolecular Hbond substituents is 1. The van der Waals surface area contributed by atoms with Crippen molar-refractivity contribution in [1.29, 1.82) is 0 Å². The lowest BCUT2D eigenvalue weighted by Crippen LogP contribution is -2.69. The van der Waals surface area contributed by atoms with Crippen LogP contribution >= 0.6 is 0 Å². The molecule has 54 heavy (non-hydrogen) atoms. The number of benzene rings is 1. The number of hydrogen-bond donors (Lipinski definition) is 6. The molecular weight excluding hydrogens is 706 g/mol. The van der Waals surface area contributed by atoms with Gasteiger partial charge in [0, 0.05) is 48.4 Å². The highest BCUT2D eigenvalue weighted by atomic mass is 16.7. The van der Waals surface area contributed by atoms with E-state index in [-0.39, 0.29) is 66.3 Å². The van der Waals surface area contributed by atoms with Crippen LogP contribution in [0.3, 0.4) is 0 Å². The van der Waals surface area contributed by atoms with E-state index in [4.69, 9.17) is 23.7 Å². The van der Waals surface area contributed by atoms with Gasteiger partial charge in [0.05, 0.1) is 47.8 Å². The molecule has 3 saturated heterocycles. The van der Waals surface area contributed by atoms with Crippen molar-refractivity contribution in [2.45, 2.75) is 145 Å². The molecule has 6 aliphatic rings. The molecule has 1 aromatic rings. The van der Waals surface area contributed by atoms with E-state index >= 15 is 0 Å². The Hall–Kier alpha value is -2.93. The predicted molar refractivity (Wildman–Crippen MR) is 187 cm³/mol. The van der Waals surface area contributed by atoms with Crippen molar-refractivity contribution >= 4 is 17.3 Å². The second-order valence-corrected chi connectivity index (χ2v) is 16.2. The summed E-state index contributed by atoms with van der Waals surface area (Å²) in [4.78, 5) is 44.8. The monoisotopic (exact) mass is 757 g/mol. The minimum atomic E-state index is -2.58. The molecule has 15 nitrogen and oxygen atoms in total. The first kappa shape index (κ1) is 39.3. The molecule has 0 aromatic heterocycles. The van der Waals surface area contributed by atoms with Crippen molar-refractivity contribution in [2.24, 2.45) is 5.92 Å². The van der Waals surface area contributed by atoms with Crippen LogP contribution in [-0.4, -0.2) is 146 Å². The number of aliphatic hydroxyl groups excluding tert-OH is 4. The van der Waals surface area contributed by atoms with E-state index in [0.29, 0.717) is 0 Å². The maximum atomic E-state index is 14.5. The second kappa shape index (κ2) is 14.2. The summed E-state index contributed by atoms with van der Waals surface area (Å²) in [6, 6.07) is 2.40. The first-order valence-electron chi connectivity index (χ1n) is 18.7. The Morgan fingerprint density at radius 1 is 0.833 bits per heavy atom. The lowest BCUT2D eigenvalue weighted by Gasteiger charge is -2.54. The number of ether oxygens (including phenoxy) is 5. The van der Waals surface area contributed by atoms with E-state index in [1.807, 2.05) is 25.9 Å². The number of carbonyl (C=O) groups is 3. The van der Waals surface area contributed by atoms with Crippen molar-refractivity contribution in [3.8, 4) is 5.75 Å². The summed E-state index contributed by atoms with van der Waals surface area (Å²) in [5, 5.41) is 65.2. The third kappa shape index (κ3) is 6.22. The fourth-order valence-electron chi connectivity index (χ4n) is 9.27. The third-order valence-corrected chi connectivity index (χ3v) is 12.2. The van der Waals surface area contributed by atoms with Crippen LogP contribution in [0.25, 0.3) is 0 Å². The Morgan fingerprint density at radius 2 is 1.48 bits per heavy atom. The fraction of sp³-hybridized carbons (Fsp3) is 0.667. The zero-order valence-electron chi connectivity index (χ0n) is 31.2. The minimum absolute atomic E-state index is 0.0585. The normalized spacial score (nSPS) is 43.9. The molecule has 4 fully saturated rings. The molecule has 0 amide bonds. The Kier molecular flexibility index (Phi) is 10.4. The molecule has 3 heterocycles. The highest BCUT2D eigenvalue weighted by molar-refractivity contribution is 6.31. The third-order valence-electron chi connectivity index (χ3n) is 12.2. The standard InChI is InChI=1S/C39H51NO14/c1-16-11-27(43)39(49)31-22(35(47)30-21(36(31)48)8-7-20(34(30)46)26-13-24(41)32(44)17(2)50-26)9-10-38(39,15-16)54-29-12-23(40(5)6)37(19(4)52-29)53-28-14-25(42)33(45)18(3)51-28/h7-10,16-19,23-26,28-29,32-33,37,41-42,44-46,49H,11-15H2,1-6H3/t16-,17-,18-,19-,23-,24-,25-,26-,28-,29-,32-,33+,37+,38+,39-/m1/s1. The molecule has 0 bridgehead atoms. The summed E-state index contributed by atoms with van der Waals surface area (Å²) in [5.41, 5.74) is -5.43. The number of nitrogens with zero attached hydrogens (tertiary/aromatic N) is 1. The van der Waals surface area contributed by atoms with Crippen molar-refractivity contribution < 1.29 is 68.7 Å². The second-order valence-electron chi connectivity index (χ2n) is 16.2. The Morgan fingerprint density at radius 3 is 2.13 bits per heavy atom. The highest BCUT2D eigenvalue weighted by Gasteiger charge is 2.66. The van der Waals surface area contributed by atoms with E-state index in [1.54, 1.807) is 20.8 Å². The van der Waals surface area contributed by atoms with Crippen LogP contribution in [0.2, 0.25) is 0 Å². The van der Waals surface area contributed by atoms with Gasteiger partial charge in [0.25, 0.3) is 0 Å². The Balaban J connectivity index is 1.19. The van der Waals surface area contributed by atoms with Crippen LogP contribution < -0.4 is 0 Å². The number of carbonyl (C=O) groups excluding carboxylic acids is 3. The van der Waals surface area contributed by atoms with Gasteiger partial charge in [-0.15, -0.1) is 0 Å². The number of likely N-dealkylation sites (N-methyl/N-ethyl adjacent to an activating group) is 1. The highest BCUT2D eigenvalue weighted by Crippen LogP contribution is 2.53. The number of fused-ring (bicyclic) bond motifs is 3. The maximum Gasteiger partial charge on any atom is 0.198 e. The van der Waals surface area contributed by atoms with E-state index in [9.17, 15) is 45.0 Å². The summed E-state index contributed by atoms with van der Waals surface area (Å²) in [6.45, 7) is 6.84. The number of ketones is 3. The molecule has 1 saturated carbocycles. The average molecular weight is 758 g/mol. The van der Waals surface area contributed by atoms with Crippen molar-refractivity contribution in [3.05, 3.63) is 52.1 Å². The van der Waals surface area contributed by atoms with Crippen LogP contribution in [0.15, 0.2) is 35.4 Å². The number of aliphatic hydroxyl groups is 5. The summed E-state index contributed by atoms with van der Waals surface area (Å²) >= 11 is 0. The van der Waals surface area contributed by atoms with E-state index < -0.39 is 107 Å². The molecule has 3 aliphatic heterocycles. The quantitative estimate of drug-likeness (QED) is 0.238. The largest absolute Gasteiger partial charge is 0.507 e. The van der Waals surface area contributed by atoms with Gasteiger partial charge in [-0.25, -0.2) is 0 Å². The molecule has 0 unspecified atom stereocenters. The molecule has 6 N–H and O–H groups in total. The zero-order valence-corrected chi connectivity index (χ0v) is 31.2. The molecule has 15 atom stereocenters. The van der Waals surface area contributed by atoms with Crippen LogP contribution in [0.5, 0.6) is 5.75 Å². The van der Waals surface area contributed by atoms with E-state index in [1.165, 1.54) is 24.3 Å². The van der Waals surface area contributed by atoms with E-state index in [0.717, 1.165) is 0 Å². The summed E-state index contributed by atoms with van der Waals surface area (Å²) in [7, 11) is 3.71. The van der Waals surface area contributed by atoms with Gasteiger partial charge in [-0.1, -0.05) is 19.1 Å². The minimum Gasteiger partial charge on any atom is -0.507 e. The van der Waals surface area contributed by atoms with Gasteiger partial charge in [-0.05, 0) is 59.3 Å². The number of Topliss-reactive ketones (excluding diaryl/α,β-unsaturated/α-hetero) is 3. The maximum absolute atomic E-state index is 14.5. The van der Waals surface area contributed by atoms with Gasteiger partial charge in [-0.3, -0.25) is 14.4 Å². The van der Waals surface area contributed by atoms with E-state index in [2.05, 4.69) is 0 Å². The van der Waals surface area contributed by atoms with Crippen LogP contribution in [0, 0.1) is 5.92 Å². The Labute approximate surface area is 313 Å². The summed E-state index contributed by atoms with van der Waals surface area (Å²) in [5.74, 6) is -3.09. The molecule has 7 rings (SSSR count). The fourth-order valence-corrected chi connectivity index (χ4v) is 9.27.